The van der Waals surface area contributed by atoms with Crippen molar-refractivity contribution in [1.82, 2.24) is 10.3 Å². The van der Waals surface area contributed by atoms with Gasteiger partial charge in [0.05, 0.1) is 12.3 Å². The lowest BCUT2D eigenvalue weighted by Crippen LogP contribution is -2.22. The van der Waals surface area contributed by atoms with Gasteiger partial charge >= 0.3 is 6.08 Å². The number of hydrogen-bond donors (Lipinski definition) is 1. The predicted octanol–water partition coefficient (Wildman–Crippen LogP) is 1.59. The van der Waals surface area contributed by atoms with Crippen molar-refractivity contribution in [3.05, 3.63) is 12.0 Å². The lowest BCUT2D eigenvalue weighted by Gasteiger charge is -2.09. The summed E-state index contributed by atoms with van der Waals surface area (Å²) in [6, 6.07) is 0.425. The first-order valence-corrected chi connectivity index (χ1v) is 5.45. The molecule has 1 rings (SSSR count). The van der Waals surface area contributed by atoms with Crippen molar-refractivity contribution >= 4 is 0 Å². The molecular formula is C11H20N2O3. The molecule has 0 saturated heterocycles. The molecule has 0 bridgehead atoms. The summed E-state index contributed by atoms with van der Waals surface area (Å²) in [7, 11) is 1.63. The average molecular weight is 228 g/mol. The number of nitrogens with one attached hydrogen (secondary N) is 1. The third kappa shape index (κ3) is 4.63. The summed E-state index contributed by atoms with van der Waals surface area (Å²) in [5.74, 6) is 0. The Hall–Kier alpha value is -1.07. The number of methoxy groups -OCH3 is 1. The molecule has 0 aliphatic heterocycles. The topological polar surface area (TPSA) is 56.5 Å². The van der Waals surface area contributed by atoms with Gasteiger partial charge < -0.3 is 19.2 Å². The summed E-state index contributed by atoms with van der Waals surface area (Å²) >= 11 is 0. The van der Waals surface area contributed by atoms with E-state index in [2.05, 4.69) is 24.1 Å². The molecule has 16 heavy (non-hydrogen) atoms. The van der Waals surface area contributed by atoms with Gasteiger partial charge in [-0.05, 0) is 6.92 Å². The molecule has 0 amide bonds. The molecule has 0 aliphatic rings. The van der Waals surface area contributed by atoms with Gasteiger partial charge in [0.2, 0.25) is 0 Å². The molecular weight excluding hydrogens is 208 g/mol. The highest BCUT2D eigenvalue weighted by atomic mass is 16.6. The summed E-state index contributed by atoms with van der Waals surface area (Å²) in [6.45, 7) is 7.27. The van der Waals surface area contributed by atoms with Crippen LogP contribution >= 0.6 is 0 Å². The maximum Gasteiger partial charge on any atom is 0.394 e. The summed E-state index contributed by atoms with van der Waals surface area (Å²) in [5.41, 5.74) is 0.841. The first-order valence-electron chi connectivity index (χ1n) is 5.45. The van der Waals surface area contributed by atoms with E-state index in [-0.39, 0.29) is 6.10 Å². The normalized spacial score (nSPS) is 13.1. The minimum Gasteiger partial charge on any atom is -0.445 e. The van der Waals surface area contributed by atoms with Crippen LogP contribution in [0.4, 0.5) is 0 Å². The van der Waals surface area contributed by atoms with E-state index in [0.29, 0.717) is 25.3 Å². The molecule has 92 valence electrons. The Kier molecular flexibility index (Phi) is 5.28. The Balaban J connectivity index is 2.39. The van der Waals surface area contributed by atoms with Crippen molar-refractivity contribution < 1.29 is 13.9 Å². The standard InChI is InChI=1S/C11H20N2O3/c1-8(2)12-5-10-7-15-11(13-10)16-9(3)6-14-4/h7-9,12H,5-6H2,1-4H3. The van der Waals surface area contributed by atoms with Crippen LogP contribution in [0.15, 0.2) is 10.7 Å². The van der Waals surface area contributed by atoms with Crippen molar-refractivity contribution in [3.8, 4) is 6.08 Å². The Morgan fingerprint density at radius 2 is 2.19 bits per heavy atom. The van der Waals surface area contributed by atoms with Crippen LogP contribution in [-0.4, -0.2) is 30.8 Å². The second-order valence-corrected chi connectivity index (χ2v) is 4.02. The van der Waals surface area contributed by atoms with Gasteiger partial charge in [0, 0.05) is 19.7 Å². The van der Waals surface area contributed by atoms with Crippen LogP contribution in [0.2, 0.25) is 0 Å². The van der Waals surface area contributed by atoms with Gasteiger partial charge in [-0.3, -0.25) is 0 Å². The van der Waals surface area contributed by atoms with Crippen LogP contribution in [0.25, 0.3) is 0 Å². The highest BCUT2D eigenvalue weighted by molar-refractivity contribution is 4.99. The van der Waals surface area contributed by atoms with Gasteiger partial charge in [0.25, 0.3) is 0 Å². The SMILES string of the molecule is COCC(C)Oc1nc(CNC(C)C)co1. The zero-order valence-electron chi connectivity index (χ0n) is 10.3. The highest BCUT2D eigenvalue weighted by Gasteiger charge is 2.09. The van der Waals surface area contributed by atoms with Crippen LogP contribution in [0.1, 0.15) is 26.5 Å². The fraction of sp³-hybridized carbons (Fsp3) is 0.727. The highest BCUT2D eigenvalue weighted by Crippen LogP contribution is 2.12. The summed E-state index contributed by atoms with van der Waals surface area (Å²) in [5, 5.41) is 3.25. The monoisotopic (exact) mass is 228 g/mol. The number of aromatic nitrogens is 1. The molecule has 1 heterocycles. The molecule has 1 N–H and O–H groups in total. The third-order valence-electron chi connectivity index (χ3n) is 1.93. The Morgan fingerprint density at radius 3 is 2.81 bits per heavy atom. The molecule has 0 spiro atoms. The zero-order valence-corrected chi connectivity index (χ0v) is 10.3. The average Bonchev–Trinajstić information content (AvgIpc) is 2.63. The van der Waals surface area contributed by atoms with Crippen LogP contribution in [0, 0.1) is 0 Å². The number of oxazole rings is 1. The lowest BCUT2D eigenvalue weighted by atomic mass is 10.4. The van der Waals surface area contributed by atoms with Crippen LogP contribution in [0.3, 0.4) is 0 Å². The summed E-state index contributed by atoms with van der Waals surface area (Å²) in [4.78, 5) is 4.20. The van der Waals surface area contributed by atoms with E-state index in [1.165, 1.54) is 0 Å². The van der Waals surface area contributed by atoms with E-state index in [4.69, 9.17) is 13.9 Å². The lowest BCUT2D eigenvalue weighted by molar-refractivity contribution is 0.0705. The molecule has 0 aliphatic carbocycles. The maximum atomic E-state index is 5.41. The maximum absolute atomic E-state index is 5.41. The molecule has 0 aromatic carbocycles. The van der Waals surface area contributed by atoms with Gasteiger partial charge in [0.15, 0.2) is 0 Å². The van der Waals surface area contributed by atoms with E-state index in [1.54, 1.807) is 13.4 Å². The first kappa shape index (κ1) is 13.0. The van der Waals surface area contributed by atoms with E-state index in [9.17, 15) is 0 Å². The van der Waals surface area contributed by atoms with E-state index >= 15 is 0 Å². The number of hydrogen-bond acceptors (Lipinski definition) is 5. The van der Waals surface area contributed by atoms with Crippen LogP contribution in [0.5, 0.6) is 6.08 Å². The molecule has 0 saturated carbocycles. The van der Waals surface area contributed by atoms with E-state index in [1.807, 2.05) is 6.92 Å². The summed E-state index contributed by atoms with van der Waals surface area (Å²) < 4.78 is 15.6. The molecule has 1 unspecified atom stereocenters. The molecule has 0 fully saturated rings. The first-order chi connectivity index (χ1) is 7.61. The van der Waals surface area contributed by atoms with Crippen LogP contribution < -0.4 is 10.1 Å². The third-order valence-corrected chi connectivity index (χ3v) is 1.93. The van der Waals surface area contributed by atoms with Gasteiger partial charge in [0.1, 0.15) is 12.4 Å². The second-order valence-electron chi connectivity index (χ2n) is 4.02. The van der Waals surface area contributed by atoms with E-state index < -0.39 is 0 Å². The second kappa shape index (κ2) is 6.50. The van der Waals surface area contributed by atoms with Crippen molar-refractivity contribution in [1.29, 1.82) is 0 Å². The van der Waals surface area contributed by atoms with Gasteiger partial charge in [-0.2, -0.15) is 4.98 Å². The number of rotatable bonds is 7. The molecule has 0 radical (unpaired) electrons. The fourth-order valence-corrected chi connectivity index (χ4v) is 1.17. The Morgan fingerprint density at radius 1 is 1.44 bits per heavy atom. The van der Waals surface area contributed by atoms with Gasteiger partial charge in [-0.15, -0.1) is 0 Å². The molecule has 1 aromatic rings. The van der Waals surface area contributed by atoms with Gasteiger partial charge in [-0.1, -0.05) is 13.8 Å². The smallest absolute Gasteiger partial charge is 0.394 e. The molecule has 5 heteroatoms. The minimum absolute atomic E-state index is 0.0606. The largest absolute Gasteiger partial charge is 0.445 e. The fourth-order valence-electron chi connectivity index (χ4n) is 1.17. The summed E-state index contributed by atoms with van der Waals surface area (Å²) in [6.07, 6.45) is 1.84. The zero-order chi connectivity index (χ0) is 12.0. The van der Waals surface area contributed by atoms with Gasteiger partial charge in [-0.25, -0.2) is 0 Å². The van der Waals surface area contributed by atoms with Crippen molar-refractivity contribution in [2.75, 3.05) is 13.7 Å². The van der Waals surface area contributed by atoms with E-state index in [0.717, 1.165) is 5.69 Å². The minimum atomic E-state index is -0.0606. The molecule has 1 aromatic heterocycles. The molecule has 1 atom stereocenters. The van der Waals surface area contributed by atoms with Crippen molar-refractivity contribution in [3.63, 3.8) is 0 Å². The Labute approximate surface area is 96.1 Å². The molecule has 5 nitrogen and oxygen atoms in total. The Bertz CT molecular complexity index is 299. The predicted molar refractivity (Wildman–Crippen MR) is 60.4 cm³/mol. The quantitative estimate of drug-likeness (QED) is 0.768. The number of nitrogens with zero attached hydrogens (tertiary/aromatic N) is 1. The van der Waals surface area contributed by atoms with Crippen molar-refractivity contribution in [2.45, 2.75) is 39.5 Å². The number of ether oxygens (including phenoxy) is 2. The van der Waals surface area contributed by atoms with Crippen LogP contribution in [-0.2, 0) is 11.3 Å². The van der Waals surface area contributed by atoms with Crippen molar-refractivity contribution in [2.24, 2.45) is 0 Å².